The first-order valence-corrected chi connectivity index (χ1v) is 10.5. The lowest BCUT2D eigenvalue weighted by atomic mass is 9.99. The van der Waals surface area contributed by atoms with Crippen molar-refractivity contribution >= 4 is 10.8 Å². The highest BCUT2D eigenvalue weighted by Gasteiger charge is 2.29. The standard InChI is InChI=1S/C26H30O2/c1-5-18(4)19-12-14-22(15-13-19)27-26(17(2)3)28-24-16-21-10-6-8-20-9-7-11-23(24)25(20)21/h6-15,17-18,24,26H,5,16H2,1-4H3. The van der Waals surface area contributed by atoms with E-state index >= 15 is 0 Å². The molecule has 4 rings (SSSR count). The van der Waals surface area contributed by atoms with Crippen LogP contribution in [0, 0.1) is 5.92 Å². The molecule has 1 aliphatic rings. The van der Waals surface area contributed by atoms with E-state index in [1.54, 1.807) is 0 Å². The van der Waals surface area contributed by atoms with Gasteiger partial charge in [0.1, 0.15) is 5.75 Å². The summed E-state index contributed by atoms with van der Waals surface area (Å²) in [7, 11) is 0. The molecule has 0 bridgehead atoms. The van der Waals surface area contributed by atoms with Crippen LogP contribution in [0.4, 0.5) is 0 Å². The van der Waals surface area contributed by atoms with Crippen LogP contribution in [0.3, 0.4) is 0 Å². The van der Waals surface area contributed by atoms with Gasteiger partial charge in [0.05, 0.1) is 6.10 Å². The quantitative estimate of drug-likeness (QED) is 0.413. The van der Waals surface area contributed by atoms with E-state index in [9.17, 15) is 0 Å². The zero-order valence-corrected chi connectivity index (χ0v) is 17.3. The highest BCUT2D eigenvalue weighted by atomic mass is 16.7. The van der Waals surface area contributed by atoms with Crippen LogP contribution in [-0.2, 0) is 11.2 Å². The number of hydrogen-bond acceptors (Lipinski definition) is 2. The van der Waals surface area contributed by atoms with Crippen LogP contribution >= 0.6 is 0 Å². The lowest BCUT2D eigenvalue weighted by Gasteiger charge is -2.27. The van der Waals surface area contributed by atoms with Gasteiger partial charge in [0.2, 0.25) is 6.29 Å². The van der Waals surface area contributed by atoms with E-state index < -0.39 is 0 Å². The molecule has 3 atom stereocenters. The van der Waals surface area contributed by atoms with E-state index in [4.69, 9.17) is 9.47 Å². The van der Waals surface area contributed by atoms with Crippen LogP contribution in [-0.4, -0.2) is 6.29 Å². The topological polar surface area (TPSA) is 18.5 Å². The molecule has 0 aliphatic heterocycles. The molecule has 0 heterocycles. The highest BCUT2D eigenvalue weighted by Crippen LogP contribution is 2.40. The van der Waals surface area contributed by atoms with Gasteiger partial charge in [-0.3, -0.25) is 0 Å². The Morgan fingerprint density at radius 1 is 0.929 bits per heavy atom. The number of hydrogen-bond donors (Lipinski definition) is 0. The Balaban J connectivity index is 1.52. The van der Waals surface area contributed by atoms with Crippen molar-refractivity contribution in [3.8, 4) is 5.75 Å². The van der Waals surface area contributed by atoms with Crippen molar-refractivity contribution in [2.75, 3.05) is 0 Å². The normalized spacial score (nSPS) is 17.8. The van der Waals surface area contributed by atoms with Gasteiger partial charge >= 0.3 is 0 Å². The van der Waals surface area contributed by atoms with Crippen LogP contribution < -0.4 is 4.74 Å². The van der Waals surface area contributed by atoms with E-state index in [0.717, 1.165) is 18.6 Å². The summed E-state index contributed by atoms with van der Waals surface area (Å²) >= 11 is 0. The van der Waals surface area contributed by atoms with Crippen molar-refractivity contribution in [1.82, 2.24) is 0 Å². The third-order valence-corrected chi connectivity index (χ3v) is 5.93. The van der Waals surface area contributed by atoms with Gasteiger partial charge in [0.25, 0.3) is 0 Å². The van der Waals surface area contributed by atoms with E-state index in [2.05, 4.69) is 88.4 Å². The maximum atomic E-state index is 6.53. The molecule has 3 unspecified atom stereocenters. The minimum absolute atomic E-state index is 0.0490. The van der Waals surface area contributed by atoms with Crippen molar-refractivity contribution in [2.45, 2.75) is 58.8 Å². The number of ether oxygens (including phenoxy) is 2. The molecule has 0 amide bonds. The van der Waals surface area contributed by atoms with Crippen LogP contribution in [0.2, 0.25) is 0 Å². The zero-order chi connectivity index (χ0) is 19.7. The highest BCUT2D eigenvalue weighted by molar-refractivity contribution is 5.91. The lowest BCUT2D eigenvalue weighted by molar-refractivity contribution is -0.143. The molecule has 28 heavy (non-hydrogen) atoms. The first kappa shape index (κ1) is 19.0. The SMILES string of the molecule is CCC(C)c1ccc(OC(OC2Cc3cccc4cccc2c34)C(C)C)cc1. The molecule has 2 nitrogen and oxygen atoms in total. The second-order valence-electron chi connectivity index (χ2n) is 8.30. The van der Waals surface area contributed by atoms with Crippen molar-refractivity contribution in [3.63, 3.8) is 0 Å². The Bertz CT molecular complexity index is 937. The summed E-state index contributed by atoms with van der Waals surface area (Å²) in [6, 6.07) is 21.5. The summed E-state index contributed by atoms with van der Waals surface area (Å²) in [6.45, 7) is 8.79. The third-order valence-electron chi connectivity index (χ3n) is 5.93. The van der Waals surface area contributed by atoms with Crippen molar-refractivity contribution in [3.05, 3.63) is 77.4 Å². The Morgan fingerprint density at radius 3 is 2.32 bits per heavy atom. The maximum absolute atomic E-state index is 6.53. The predicted molar refractivity (Wildman–Crippen MR) is 116 cm³/mol. The van der Waals surface area contributed by atoms with Gasteiger partial charge in [0.15, 0.2) is 0 Å². The van der Waals surface area contributed by atoms with Crippen LogP contribution in [0.15, 0.2) is 60.7 Å². The number of benzene rings is 3. The van der Waals surface area contributed by atoms with Gasteiger partial charge < -0.3 is 9.47 Å². The largest absolute Gasteiger partial charge is 0.465 e. The van der Waals surface area contributed by atoms with Gasteiger partial charge in [-0.1, -0.05) is 76.2 Å². The summed E-state index contributed by atoms with van der Waals surface area (Å²) in [5.74, 6) is 1.71. The van der Waals surface area contributed by atoms with E-state index in [0.29, 0.717) is 5.92 Å². The minimum Gasteiger partial charge on any atom is -0.465 e. The Morgan fingerprint density at radius 2 is 1.64 bits per heavy atom. The zero-order valence-electron chi connectivity index (χ0n) is 17.3. The second-order valence-corrected chi connectivity index (χ2v) is 8.30. The first-order chi connectivity index (χ1) is 13.6. The molecule has 0 N–H and O–H groups in total. The van der Waals surface area contributed by atoms with Gasteiger partial charge in [-0.15, -0.1) is 0 Å². The third kappa shape index (κ3) is 3.66. The van der Waals surface area contributed by atoms with Crippen molar-refractivity contribution in [2.24, 2.45) is 5.92 Å². The fraction of sp³-hybridized carbons (Fsp3) is 0.385. The molecule has 0 saturated heterocycles. The molecule has 2 heteroatoms. The molecule has 0 radical (unpaired) electrons. The monoisotopic (exact) mass is 374 g/mol. The molecule has 0 spiro atoms. The smallest absolute Gasteiger partial charge is 0.202 e. The predicted octanol–water partition coefficient (Wildman–Crippen LogP) is 7.03. The first-order valence-electron chi connectivity index (χ1n) is 10.5. The summed E-state index contributed by atoms with van der Waals surface area (Å²) in [6.07, 6.45) is 1.83. The molecule has 3 aromatic carbocycles. The van der Waals surface area contributed by atoms with Crippen LogP contribution in [0.5, 0.6) is 5.75 Å². The maximum Gasteiger partial charge on any atom is 0.202 e. The summed E-state index contributed by atoms with van der Waals surface area (Å²) in [5.41, 5.74) is 4.02. The average Bonchev–Trinajstić information content (AvgIpc) is 3.07. The van der Waals surface area contributed by atoms with Crippen LogP contribution in [0.1, 0.15) is 62.8 Å². The summed E-state index contributed by atoms with van der Waals surface area (Å²) in [4.78, 5) is 0. The average molecular weight is 375 g/mol. The molecular formula is C26H30O2. The fourth-order valence-corrected chi connectivity index (χ4v) is 4.05. The summed E-state index contributed by atoms with van der Waals surface area (Å²) in [5, 5.41) is 2.65. The Hall–Kier alpha value is -2.32. The lowest BCUT2D eigenvalue weighted by Crippen LogP contribution is -2.28. The molecule has 1 aliphatic carbocycles. The summed E-state index contributed by atoms with van der Waals surface area (Å²) < 4.78 is 12.8. The molecular weight excluding hydrogens is 344 g/mol. The second kappa shape index (κ2) is 7.97. The molecule has 0 aromatic heterocycles. The van der Waals surface area contributed by atoms with E-state index in [1.807, 2.05) is 0 Å². The molecule has 3 aromatic rings. The van der Waals surface area contributed by atoms with Gasteiger partial charge in [0, 0.05) is 12.3 Å². The van der Waals surface area contributed by atoms with Gasteiger partial charge in [-0.05, 0) is 51.9 Å². The Labute approximate surface area is 168 Å². The van der Waals surface area contributed by atoms with Gasteiger partial charge in [-0.2, -0.15) is 0 Å². The minimum atomic E-state index is -0.274. The van der Waals surface area contributed by atoms with E-state index in [1.165, 1.54) is 27.5 Å². The van der Waals surface area contributed by atoms with Gasteiger partial charge in [-0.25, -0.2) is 0 Å². The van der Waals surface area contributed by atoms with Crippen molar-refractivity contribution in [1.29, 1.82) is 0 Å². The van der Waals surface area contributed by atoms with Crippen molar-refractivity contribution < 1.29 is 9.47 Å². The molecule has 146 valence electrons. The van der Waals surface area contributed by atoms with E-state index in [-0.39, 0.29) is 18.3 Å². The van der Waals surface area contributed by atoms with Crippen LogP contribution in [0.25, 0.3) is 10.8 Å². The molecule has 0 fully saturated rings. The Kier molecular flexibility index (Phi) is 5.41. The molecule has 0 saturated carbocycles. The fourth-order valence-electron chi connectivity index (χ4n) is 4.05. The number of rotatable bonds is 7.